The number of benzene rings is 2. The molecule has 0 saturated heterocycles. The lowest BCUT2D eigenvalue weighted by Crippen LogP contribution is -2.05. The Hall–Kier alpha value is -3.67. The SMILES string of the molecule is FS(F)(F)(F)(F)c1ccc(C=Cc2nc(COc3ccc(CCCCc4c[nH]nn4)cc3)co2)cc1. The summed E-state index contributed by atoms with van der Waals surface area (Å²) < 4.78 is 75.0. The molecule has 0 aliphatic rings. The van der Waals surface area contributed by atoms with Gasteiger partial charge >= 0.3 is 10.2 Å². The van der Waals surface area contributed by atoms with Crippen LogP contribution in [0.4, 0.5) is 19.4 Å². The van der Waals surface area contributed by atoms with Crippen molar-refractivity contribution in [2.75, 3.05) is 0 Å². The van der Waals surface area contributed by atoms with Crippen LogP contribution >= 0.6 is 10.2 Å². The molecule has 1 N–H and O–H groups in total. The van der Waals surface area contributed by atoms with Crippen molar-refractivity contribution in [3.05, 3.63) is 89.4 Å². The van der Waals surface area contributed by atoms with Gasteiger partial charge in [0, 0.05) is 12.3 Å². The third kappa shape index (κ3) is 7.41. The molecular weight excluding hydrogens is 503 g/mol. The number of unbranched alkanes of at least 4 members (excludes halogenated alkanes) is 1. The van der Waals surface area contributed by atoms with Crippen molar-refractivity contribution in [1.82, 2.24) is 20.4 Å². The van der Waals surface area contributed by atoms with Crippen LogP contribution in [0.3, 0.4) is 0 Å². The number of hydrogen-bond acceptors (Lipinski definition) is 5. The first-order valence-corrected chi connectivity index (χ1v) is 12.9. The molecule has 2 aromatic carbocycles. The minimum Gasteiger partial charge on any atom is -0.487 e. The number of H-pyrrole nitrogens is 1. The van der Waals surface area contributed by atoms with Gasteiger partial charge in [-0.1, -0.05) is 48.9 Å². The van der Waals surface area contributed by atoms with Crippen LogP contribution in [0.25, 0.3) is 12.2 Å². The quantitative estimate of drug-likeness (QED) is 0.160. The molecule has 0 spiro atoms. The summed E-state index contributed by atoms with van der Waals surface area (Å²) in [6.45, 7) is 0.160. The Kier molecular flexibility index (Phi) is 6.65. The molecule has 0 bridgehead atoms. The molecule has 36 heavy (non-hydrogen) atoms. The lowest BCUT2D eigenvalue weighted by Gasteiger charge is -2.40. The van der Waals surface area contributed by atoms with Gasteiger partial charge < -0.3 is 9.15 Å². The summed E-state index contributed by atoms with van der Waals surface area (Å²) in [4.78, 5) is 2.29. The van der Waals surface area contributed by atoms with Crippen LogP contribution in [0.1, 0.15) is 41.2 Å². The van der Waals surface area contributed by atoms with E-state index in [0.717, 1.165) is 43.5 Å². The summed E-state index contributed by atoms with van der Waals surface area (Å²) in [6, 6.07) is 10.4. The van der Waals surface area contributed by atoms with Gasteiger partial charge in [-0.15, -0.1) is 5.10 Å². The van der Waals surface area contributed by atoms with E-state index in [1.54, 1.807) is 6.20 Å². The first-order valence-electron chi connectivity index (χ1n) is 11.0. The first kappa shape index (κ1) is 25.4. The fraction of sp³-hybridized carbons (Fsp3) is 0.208. The molecule has 0 aliphatic heterocycles. The van der Waals surface area contributed by atoms with Crippen molar-refractivity contribution in [1.29, 1.82) is 0 Å². The zero-order chi connectivity index (χ0) is 25.7. The van der Waals surface area contributed by atoms with Crippen LogP contribution < -0.4 is 4.74 Å². The molecule has 2 heterocycles. The van der Waals surface area contributed by atoms with Crippen LogP contribution in [0, 0.1) is 0 Å². The van der Waals surface area contributed by atoms with Crippen molar-refractivity contribution in [3.8, 4) is 5.75 Å². The van der Waals surface area contributed by atoms with Crippen LogP contribution in [0.5, 0.6) is 5.75 Å². The third-order valence-corrected chi connectivity index (χ3v) is 6.40. The number of aryl methyl sites for hydroxylation is 2. The molecule has 4 rings (SSSR count). The highest BCUT2D eigenvalue weighted by atomic mass is 32.5. The number of halogens is 5. The summed E-state index contributed by atoms with van der Waals surface area (Å²) in [6.07, 6.45) is 9.92. The average Bonchev–Trinajstić information content (AvgIpc) is 3.51. The Morgan fingerprint density at radius 1 is 0.861 bits per heavy atom. The van der Waals surface area contributed by atoms with Gasteiger partial charge in [-0.05, 0) is 67.2 Å². The monoisotopic (exact) mass is 526 g/mol. The molecule has 0 aliphatic carbocycles. The van der Waals surface area contributed by atoms with Crippen molar-refractivity contribution in [2.24, 2.45) is 0 Å². The van der Waals surface area contributed by atoms with E-state index in [9.17, 15) is 19.4 Å². The van der Waals surface area contributed by atoms with E-state index >= 15 is 0 Å². The Morgan fingerprint density at radius 2 is 1.58 bits per heavy atom. The van der Waals surface area contributed by atoms with Gasteiger partial charge in [0.25, 0.3) is 0 Å². The van der Waals surface area contributed by atoms with E-state index in [1.165, 1.54) is 24.0 Å². The largest absolute Gasteiger partial charge is 0.487 e. The molecule has 0 fully saturated rings. The Labute approximate surface area is 203 Å². The molecule has 0 radical (unpaired) electrons. The number of oxazole rings is 1. The van der Waals surface area contributed by atoms with Gasteiger partial charge in [-0.25, -0.2) is 4.98 Å². The van der Waals surface area contributed by atoms with E-state index in [4.69, 9.17) is 9.15 Å². The molecule has 0 atom stereocenters. The van der Waals surface area contributed by atoms with Gasteiger partial charge in [0.15, 0.2) is 0 Å². The van der Waals surface area contributed by atoms with E-state index in [2.05, 4.69) is 20.4 Å². The van der Waals surface area contributed by atoms with Crippen LogP contribution in [-0.2, 0) is 19.4 Å². The highest BCUT2D eigenvalue weighted by molar-refractivity contribution is 8.45. The zero-order valence-corrected chi connectivity index (χ0v) is 19.7. The fourth-order valence-corrected chi connectivity index (χ4v) is 4.01. The maximum absolute atomic E-state index is 12.8. The van der Waals surface area contributed by atoms with Gasteiger partial charge in [0.2, 0.25) is 5.89 Å². The summed E-state index contributed by atoms with van der Waals surface area (Å²) in [5.74, 6) is 0.872. The van der Waals surface area contributed by atoms with Crippen molar-refractivity contribution in [2.45, 2.75) is 37.2 Å². The van der Waals surface area contributed by atoms with E-state index < -0.39 is 15.1 Å². The van der Waals surface area contributed by atoms with E-state index in [0.29, 0.717) is 23.6 Å². The number of aromatic amines is 1. The van der Waals surface area contributed by atoms with Gasteiger partial charge in [0.05, 0.1) is 5.69 Å². The van der Waals surface area contributed by atoms with Gasteiger partial charge in [-0.3, -0.25) is 5.10 Å². The average molecular weight is 527 g/mol. The second kappa shape index (κ2) is 9.41. The Bertz CT molecular complexity index is 1310. The molecular formula is C24H23F5N4O2S. The number of rotatable bonds is 11. The predicted molar refractivity (Wildman–Crippen MR) is 127 cm³/mol. The van der Waals surface area contributed by atoms with E-state index in [1.807, 2.05) is 24.3 Å². The van der Waals surface area contributed by atoms with Crippen molar-refractivity contribution in [3.63, 3.8) is 0 Å². The van der Waals surface area contributed by atoms with Crippen LogP contribution in [0.2, 0.25) is 0 Å². The summed E-state index contributed by atoms with van der Waals surface area (Å²) in [5, 5.41) is 10.4. The molecule has 4 aromatic rings. The summed E-state index contributed by atoms with van der Waals surface area (Å²) in [7, 11) is -9.68. The Morgan fingerprint density at radius 3 is 2.25 bits per heavy atom. The molecule has 192 valence electrons. The highest BCUT2D eigenvalue weighted by Gasteiger charge is 2.65. The second-order valence-electron chi connectivity index (χ2n) is 8.15. The zero-order valence-electron chi connectivity index (χ0n) is 18.9. The number of ether oxygens (including phenoxy) is 1. The van der Waals surface area contributed by atoms with Gasteiger partial charge in [0.1, 0.15) is 29.2 Å². The maximum Gasteiger partial charge on any atom is 0.310 e. The minimum atomic E-state index is -9.68. The predicted octanol–water partition coefficient (Wildman–Crippen LogP) is 7.76. The number of nitrogens with zero attached hydrogens (tertiary/aromatic N) is 3. The molecule has 6 nitrogen and oxygen atoms in total. The van der Waals surface area contributed by atoms with E-state index in [-0.39, 0.29) is 18.1 Å². The fourth-order valence-electron chi connectivity index (χ4n) is 3.36. The highest BCUT2D eigenvalue weighted by Crippen LogP contribution is 3.02. The van der Waals surface area contributed by atoms with Crippen LogP contribution in [0.15, 0.2) is 70.3 Å². The number of hydrogen-bond donors (Lipinski definition) is 1. The molecule has 0 unspecified atom stereocenters. The lowest BCUT2D eigenvalue weighted by molar-refractivity contribution is 0.301. The Balaban J connectivity index is 1.23. The molecule has 0 amide bonds. The van der Waals surface area contributed by atoms with Crippen LogP contribution in [-0.4, -0.2) is 20.4 Å². The molecule has 2 aromatic heterocycles. The number of nitrogens with one attached hydrogen (secondary N) is 1. The smallest absolute Gasteiger partial charge is 0.310 e. The maximum atomic E-state index is 12.8. The first-order chi connectivity index (χ1) is 16.9. The molecule has 0 saturated carbocycles. The van der Waals surface area contributed by atoms with Gasteiger partial charge in [-0.2, -0.15) is 0 Å². The number of aromatic nitrogens is 4. The second-order valence-corrected chi connectivity index (χ2v) is 10.6. The summed E-state index contributed by atoms with van der Waals surface area (Å²) >= 11 is 0. The standard InChI is InChI=1S/C24H23F5N4O2S/c25-36(26,27,28,29)23-12-7-19(8-13-23)9-14-24-31-21(17-35-24)16-34-22-10-5-18(6-11-22)3-1-2-4-20-15-30-33-32-20/h5-15,17H,1-4,16H2,(H,30,32,33). The lowest BCUT2D eigenvalue weighted by atomic mass is 10.1. The minimum absolute atomic E-state index is 0.160. The molecule has 12 heteroatoms. The topological polar surface area (TPSA) is 76.8 Å². The normalized spacial score (nSPS) is 14.0. The third-order valence-electron chi connectivity index (χ3n) is 5.24. The van der Waals surface area contributed by atoms with Crippen molar-refractivity contribution < 1.29 is 28.6 Å². The van der Waals surface area contributed by atoms with Crippen molar-refractivity contribution >= 4 is 22.4 Å². The summed E-state index contributed by atoms with van der Waals surface area (Å²) in [5.41, 5.74) is 2.96.